The number of thioether (sulfide) groups is 2. The highest BCUT2D eigenvalue weighted by atomic mass is 32.2. The molecule has 0 saturated carbocycles. The largest absolute Gasteiger partial charge is 0.392 e. The molecular weight excluding hydrogens is 176 g/mol. The van der Waals surface area contributed by atoms with Crippen molar-refractivity contribution >= 4 is 23.5 Å². The highest BCUT2D eigenvalue weighted by molar-refractivity contribution is 8.03. The average Bonchev–Trinajstić information content (AvgIpc) is 1.97. The van der Waals surface area contributed by atoms with Gasteiger partial charge >= 0.3 is 0 Å². The molecule has 0 bridgehead atoms. The molecule has 0 saturated heterocycles. The Labute approximate surface area is 78.3 Å². The van der Waals surface area contributed by atoms with Gasteiger partial charge < -0.3 is 5.11 Å². The van der Waals surface area contributed by atoms with Gasteiger partial charge in [0.15, 0.2) is 0 Å². The first kappa shape index (κ1) is 11.7. The maximum Gasteiger partial charge on any atom is 0.0627 e. The highest BCUT2D eigenvalue weighted by Gasteiger charge is 2.07. The van der Waals surface area contributed by atoms with E-state index < -0.39 is 0 Å². The van der Waals surface area contributed by atoms with Gasteiger partial charge in [-0.3, -0.25) is 0 Å². The van der Waals surface area contributed by atoms with E-state index in [2.05, 4.69) is 13.8 Å². The van der Waals surface area contributed by atoms with E-state index in [0.29, 0.717) is 5.25 Å². The number of hydrogen-bond acceptors (Lipinski definition) is 3. The smallest absolute Gasteiger partial charge is 0.0627 e. The molecule has 3 heteroatoms. The second-order valence-electron chi connectivity index (χ2n) is 2.51. The van der Waals surface area contributed by atoms with Gasteiger partial charge in [-0.15, -0.1) is 0 Å². The molecule has 0 aliphatic heterocycles. The molecule has 0 fully saturated rings. The minimum absolute atomic E-state index is 0.174. The lowest BCUT2D eigenvalue weighted by Gasteiger charge is -2.13. The maximum absolute atomic E-state index is 9.15. The quantitative estimate of drug-likeness (QED) is 0.655. The molecule has 0 aliphatic carbocycles. The summed E-state index contributed by atoms with van der Waals surface area (Å²) in [6.45, 7) is 6.10. The standard InChI is InChI=1S/C8H18OS2/c1-4-10-5-6-11-8(3)7(2)9/h7-9H,4-6H2,1-3H3. The molecule has 68 valence electrons. The van der Waals surface area contributed by atoms with E-state index in [1.807, 2.05) is 30.4 Å². The van der Waals surface area contributed by atoms with Crippen molar-refractivity contribution in [2.24, 2.45) is 0 Å². The molecule has 0 aromatic rings. The average molecular weight is 194 g/mol. The van der Waals surface area contributed by atoms with Crippen molar-refractivity contribution < 1.29 is 5.11 Å². The fourth-order valence-corrected chi connectivity index (χ4v) is 2.37. The fraction of sp³-hybridized carbons (Fsp3) is 1.00. The van der Waals surface area contributed by atoms with Gasteiger partial charge in [0.1, 0.15) is 0 Å². The summed E-state index contributed by atoms with van der Waals surface area (Å²) in [5.74, 6) is 3.56. The summed E-state index contributed by atoms with van der Waals surface area (Å²) in [7, 11) is 0. The van der Waals surface area contributed by atoms with E-state index >= 15 is 0 Å². The first-order chi connectivity index (χ1) is 5.18. The number of aliphatic hydroxyl groups excluding tert-OH is 1. The Morgan fingerprint density at radius 1 is 1.27 bits per heavy atom. The van der Waals surface area contributed by atoms with Crippen LogP contribution in [-0.4, -0.2) is 33.7 Å². The predicted octanol–water partition coefficient (Wildman–Crippen LogP) is 2.24. The Morgan fingerprint density at radius 3 is 2.36 bits per heavy atom. The van der Waals surface area contributed by atoms with Crippen molar-refractivity contribution in [3.8, 4) is 0 Å². The Kier molecular flexibility index (Phi) is 7.76. The third kappa shape index (κ3) is 7.04. The zero-order valence-electron chi connectivity index (χ0n) is 7.54. The summed E-state index contributed by atoms with van der Waals surface area (Å²) >= 11 is 3.81. The monoisotopic (exact) mass is 194 g/mol. The van der Waals surface area contributed by atoms with Gasteiger partial charge in [-0.2, -0.15) is 23.5 Å². The lowest BCUT2D eigenvalue weighted by atomic mass is 10.3. The molecule has 1 nitrogen and oxygen atoms in total. The molecule has 0 amide bonds. The van der Waals surface area contributed by atoms with E-state index in [1.54, 1.807) is 0 Å². The van der Waals surface area contributed by atoms with Crippen LogP contribution < -0.4 is 0 Å². The minimum atomic E-state index is -0.174. The van der Waals surface area contributed by atoms with Crippen LogP contribution in [-0.2, 0) is 0 Å². The van der Waals surface area contributed by atoms with Crippen LogP contribution in [0.25, 0.3) is 0 Å². The molecule has 11 heavy (non-hydrogen) atoms. The number of hydrogen-bond donors (Lipinski definition) is 1. The van der Waals surface area contributed by atoms with Crippen LogP contribution in [0.5, 0.6) is 0 Å². The second-order valence-corrected chi connectivity index (χ2v) is 5.39. The van der Waals surface area contributed by atoms with Gasteiger partial charge in [-0.1, -0.05) is 13.8 Å². The lowest BCUT2D eigenvalue weighted by Crippen LogP contribution is -2.15. The third-order valence-electron chi connectivity index (χ3n) is 1.49. The lowest BCUT2D eigenvalue weighted by molar-refractivity contribution is 0.196. The summed E-state index contributed by atoms with van der Waals surface area (Å²) < 4.78 is 0. The third-order valence-corrected chi connectivity index (χ3v) is 4.01. The van der Waals surface area contributed by atoms with Gasteiger partial charge in [0.25, 0.3) is 0 Å². The van der Waals surface area contributed by atoms with Gasteiger partial charge in [-0.05, 0) is 12.7 Å². The molecule has 0 aromatic heterocycles. The van der Waals surface area contributed by atoms with Crippen molar-refractivity contribution in [1.82, 2.24) is 0 Å². The van der Waals surface area contributed by atoms with Crippen LogP contribution in [0.15, 0.2) is 0 Å². The summed E-state index contributed by atoms with van der Waals surface area (Å²) in [4.78, 5) is 0. The molecule has 2 atom stereocenters. The van der Waals surface area contributed by atoms with Gasteiger partial charge in [0, 0.05) is 16.8 Å². The van der Waals surface area contributed by atoms with Crippen LogP contribution >= 0.6 is 23.5 Å². The van der Waals surface area contributed by atoms with Crippen molar-refractivity contribution in [2.45, 2.75) is 32.1 Å². The summed E-state index contributed by atoms with van der Waals surface area (Å²) in [6, 6.07) is 0. The van der Waals surface area contributed by atoms with Crippen LogP contribution in [0.2, 0.25) is 0 Å². The molecule has 1 N–H and O–H groups in total. The Balaban J connectivity index is 3.10. The summed E-state index contributed by atoms with van der Waals surface area (Å²) in [5.41, 5.74) is 0. The zero-order valence-corrected chi connectivity index (χ0v) is 9.17. The SMILES string of the molecule is CCSCCSC(C)C(C)O. The summed E-state index contributed by atoms with van der Waals surface area (Å²) in [5, 5.41) is 9.53. The second kappa shape index (κ2) is 7.32. The van der Waals surface area contributed by atoms with E-state index in [1.165, 1.54) is 11.5 Å². The van der Waals surface area contributed by atoms with Crippen molar-refractivity contribution in [3.63, 3.8) is 0 Å². The Morgan fingerprint density at radius 2 is 1.91 bits per heavy atom. The molecule has 0 radical (unpaired) electrons. The molecular formula is C8H18OS2. The van der Waals surface area contributed by atoms with Crippen molar-refractivity contribution in [3.05, 3.63) is 0 Å². The Bertz CT molecular complexity index is 86.2. The molecule has 0 aliphatic rings. The van der Waals surface area contributed by atoms with Gasteiger partial charge in [0.05, 0.1) is 6.10 Å². The van der Waals surface area contributed by atoms with Crippen LogP contribution in [0, 0.1) is 0 Å². The predicted molar refractivity (Wildman–Crippen MR) is 56.6 cm³/mol. The van der Waals surface area contributed by atoms with Crippen LogP contribution in [0.4, 0.5) is 0 Å². The van der Waals surface area contributed by atoms with E-state index in [4.69, 9.17) is 5.11 Å². The minimum Gasteiger partial charge on any atom is -0.392 e. The van der Waals surface area contributed by atoms with Crippen LogP contribution in [0.3, 0.4) is 0 Å². The normalized spacial score (nSPS) is 16.4. The number of aliphatic hydroxyl groups is 1. The summed E-state index contributed by atoms with van der Waals surface area (Å²) in [6.07, 6.45) is -0.174. The zero-order chi connectivity index (χ0) is 8.69. The van der Waals surface area contributed by atoms with Gasteiger partial charge in [-0.25, -0.2) is 0 Å². The molecule has 0 heterocycles. The van der Waals surface area contributed by atoms with Crippen LogP contribution in [0.1, 0.15) is 20.8 Å². The molecule has 0 aromatic carbocycles. The molecule has 2 unspecified atom stereocenters. The maximum atomic E-state index is 9.15. The van der Waals surface area contributed by atoms with Gasteiger partial charge in [0.2, 0.25) is 0 Å². The van der Waals surface area contributed by atoms with E-state index in [-0.39, 0.29) is 6.10 Å². The van der Waals surface area contributed by atoms with Crippen molar-refractivity contribution in [1.29, 1.82) is 0 Å². The molecule has 0 spiro atoms. The molecule has 0 rings (SSSR count). The van der Waals surface area contributed by atoms with Crippen molar-refractivity contribution in [2.75, 3.05) is 17.3 Å². The highest BCUT2D eigenvalue weighted by Crippen LogP contribution is 2.15. The Hall–Kier alpha value is 0.660. The first-order valence-electron chi connectivity index (χ1n) is 4.06. The van der Waals surface area contributed by atoms with E-state index in [0.717, 1.165) is 5.75 Å². The van der Waals surface area contributed by atoms with E-state index in [9.17, 15) is 0 Å². The fourth-order valence-electron chi connectivity index (χ4n) is 0.577. The first-order valence-corrected chi connectivity index (χ1v) is 6.26. The number of rotatable bonds is 6. The topological polar surface area (TPSA) is 20.2 Å².